The van der Waals surface area contributed by atoms with E-state index in [-0.39, 0.29) is 5.96 Å². The number of aliphatic imine (C=N–C) groups is 1. The highest BCUT2D eigenvalue weighted by atomic mass is 32.2. The van der Waals surface area contributed by atoms with Crippen molar-refractivity contribution in [3.05, 3.63) is 30.3 Å². The highest BCUT2D eigenvalue weighted by Crippen LogP contribution is 2.14. The van der Waals surface area contributed by atoms with Crippen molar-refractivity contribution in [2.75, 3.05) is 6.26 Å². The summed E-state index contributed by atoms with van der Waals surface area (Å²) in [5, 5.41) is -0.731. The smallest absolute Gasteiger partial charge is 0.346 e. The molecule has 0 bridgehead atoms. The van der Waals surface area contributed by atoms with Gasteiger partial charge in [0.15, 0.2) is 11.3 Å². The van der Waals surface area contributed by atoms with Crippen molar-refractivity contribution in [2.24, 2.45) is 16.5 Å². The number of hydrogen-bond donors (Lipinski definition) is 2. The lowest BCUT2D eigenvalue weighted by Gasteiger charge is -2.09. The average molecular weight is 239 g/mol. The van der Waals surface area contributed by atoms with E-state index < -0.39 is 11.3 Å². The van der Waals surface area contributed by atoms with E-state index in [1.807, 2.05) is 6.07 Å². The number of hydrogen-bond acceptors (Lipinski definition) is 4. The molecular formula is C10H13N3O2S. The number of carbonyl (C=O) groups is 1. The lowest BCUT2D eigenvalue weighted by molar-refractivity contribution is -0.133. The number of nitrogens with zero attached hydrogens (tertiary/aromatic N) is 1. The van der Waals surface area contributed by atoms with Crippen LogP contribution in [-0.2, 0) is 4.79 Å². The molecule has 0 amide bonds. The van der Waals surface area contributed by atoms with E-state index in [9.17, 15) is 4.79 Å². The molecule has 86 valence electrons. The van der Waals surface area contributed by atoms with Crippen LogP contribution in [0.15, 0.2) is 35.3 Å². The monoisotopic (exact) mass is 239 g/mol. The summed E-state index contributed by atoms with van der Waals surface area (Å²) in [4.78, 5) is 15.4. The van der Waals surface area contributed by atoms with Gasteiger partial charge >= 0.3 is 5.97 Å². The molecular weight excluding hydrogens is 226 g/mol. The molecule has 4 N–H and O–H groups in total. The van der Waals surface area contributed by atoms with Crippen LogP contribution in [0, 0.1) is 0 Å². The number of nitrogens with two attached hydrogens (primary N) is 2. The Bertz CT molecular complexity index is 377. The highest BCUT2D eigenvalue weighted by Gasteiger charge is 2.18. The fourth-order valence-corrected chi connectivity index (χ4v) is 1.46. The third-order valence-electron chi connectivity index (χ3n) is 1.65. The number of rotatable bonds is 4. The summed E-state index contributed by atoms with van der Waals surface area (Å²) in [6.07, 6.45) is 1.73. The summed E-state index contributed by atoms with van der Waals surface area (Å²) in [7, 11) is 0. The standard InChI is InChI=1S/C10H13N3O2S/c1-16-8(13-10(11)12)9(14)15-7-5-3-2-4-6-7/h2-6,8H,1H3,(H4,11,12,13). The van der Waals surface area contributed by atoms with Gasteiger partial charge in [0.2, 0.25) is 0 Å². The molecule has 0 heterocycles. The van der Waals surface area contributed by atoms with Crippen molar-refractivity contribution in [2.45, 2.75) is 5.37 Å². The van der Waals surface area contributed by atoms with Gasteiger partial charge in [-0.05, 0) is 18.4 Å². The summed E-state index contributed by atoms with van der Waals surface area (Å²) >= 11 is 1.20. The van der Waals surface area contributed by atoms with Gasteiger partial charge in [-0.3, -0.25) is 0 Å². The molecule has 1 aromatic carbocycles. The van der Waals surface area contributed by atoms with Crippen molar-refractivity contribution in [1.29, 1.82) is 0 Å². The van der Waals surface area contributed by atoms with E-state index in [1.165, 1.54) is 11.8 Å². The predicted molar refractivity (Wildman–Crippen MR) is 65.2 cm³/mol. The zero-order valence-corrected chi connectivity index (χ0v) is 9.61. The van der Waals surface area contributed by atoms with Gasteiger partial charge in [-0.2, -0.15) is 0 Å². The van der Waals surface area contributed by atoms with Gasteiger partial charge in [-0.1, -0.05) is 18.2 Å². The second-order valence-electron chi connectivity index (χ2n) is 2.88. The Morgan fingerprint density at radius 2 is 2.00 bits per heavy atom. The Balaban J connectivity index is 2.67. The quantitative estimate of drug-likeness (QED) is 0.346. The maximum absolute atomic E-state index is 11.6. The molecule has 0 aliphatic heterocycles. The van der Waals surface area contributed by atoms with Gasteiger partial charge in [0.1, 0.15) is 5.75 Å². The van der Waals surface area contributed by atoms with Gasteiger partial charge in [0.25, 0.3) is 0 Å². The van der Waals surface area contributed by atoms with Crippen LogP contribution in [0.1, 0.15) is 0 Å². The van der Waals surface area contributed by atoms with Crippen LogP contribution in [-0.4, -0.2) is 23.6 Å². The van der Waals surface area contributed by atoms with E-state index in [1.54, 1.807) is 30.5 Å². The van der Waals surface area contributed by atoms with Gasteiger partial charge in [0, 0.05) is 0 Å². The van der Waals surface area contributed by atoms with Crippen molar-refractivity contribution >= 4 is 23.7 Å². The number of benzene rings is 1. The van der Waals surface area contributed by atoms with Crippen molar-refractivity contribution in [3.8, 4) is 5.75 Å². The number of thioether (sulfide) groups is 1. The Kier molecular flexibility index (Phi) is 4.65. The lowest BCUT2D eigenvalue weighted by atomic mass is 10.3. The van der Waals surface area contributed by atoms with Gasteiger partial charge in [-0.15, -0.1) is 11.8 Å². The SMILES string of the molecule is CSC(N=C(N)N)C(=O)Oc1ccccc1. The normalized spacial score (nSPS) is 11.6. The number of para-hydroxylation sites is 1. The van der Waals surface area contributed by atoms with E-state index in [4.69, 9.17) is 16.2 Å². The summed E-state index contributed by atoms with van der Waals surface area (Å²) in [6, 6.07) is 8.75. The summed E-state index contributed by atoms with van der Waals surface area (Å²) in [6.45, 7) is 0. The minimum atomic E-state index is -0.731. The van der Waals surface area contributed by atoms with Crippen molar-refractivity contribution in [1.82, 2.24) is 0 Å². The third-order valence-corrected chi connectivity index (χ3v) is 2.40. The fraction of sp³-hybridized carbons (Fsp3) is 0.200. The molecule has 1 unspecified atom stereocenters. The largest absolute Gasteiger partial charge is 0.424 e. The van der Waals surface area contributed by atoms with Crippen molar-refractivity contribution < 1.29 is 9.53 Å². The Morgan fingerprint density at radius 3 is 2.50 bits per heavy atom. The van der Waals surface area contributed by atoms with Gasteiger partial charge < -0.3 is 16.2 Å². The number of ether oxygens (including phenoxy) is 1. The van der Waals surface area contributed by atoms with Crippen LogP contribution in [0.4, 0.5) is 0 Å². The summed E-state index contributed by atoms with van der Waals surface area (Å²) < 4.78 is 5.09. The van der Waals surface area contributed by atoms with Gasteiger partial charge in [-0.25, -0.2) is 9.79 Å². The maximum Gasteiger partial charge on any atom is 0.346 e. The first-order valence-electron chi connectivity index (χ1n) is 4.51. The maximum atomic E-state index is 11.6. The number of guanidine groups is 1. The molecule has 0 aliphatic carbocycles. The van der Waals surface area contributed by atoms with Crippen LogP contribution < -0.4 is 16.2 Å². The van der Waals surface area contributed by atoms with E-state index in [0.29, 0.717) is 5.75 Å². The molecule has 16 heavy (non-hydrogen) atoms. The minimum absolute atomic E-state index is 0.135. The molecule has 5 nitrogen and oxygen atoms in total. The second kappa shape index (κ2) is 6.02. The molecule has 0 radical (unpaired) electrons. The number of carbonyl (C=O) groups excluding carboxylic acids is 1. The minimum Gasteiger partial charge on any atom is -0.424 e. The summed E-state index contributed by atoms with van der Waals surface area (Å²) in [5.41, 5.74) is 10.4. The van der Waals surface area contributed by atoms with Crippen LogP contribution >= 0.6 is 11.8 Å². The fourth-order valence-electron chi connectivity index (χ4n) is 0.992. The Hall–Kier alpha value is -1.69. The first-order chi connectivity index (χ1) is 7.63. The first-order valence-corrected chi connectivity index (χ1v) is 5.80. The van der Waals surface area contributed by atoms with Gasteiger partial charge in [0.05, 0.1) is 0 Å². The lowest BCUT2D eigenvalue weighted by Crippen LogP contribution is -2.29. The predicted octanol–water partition coefficient (Wildman–Crippen LogP) is 0.554. The third kappa shape index (κ3) is 3.82. The average Bonchev–Trinajstić information content (AvgIpc) is 2.26. The molecule has 0 aliphatic rings. The molecule has 0 fully saturated rings. The molecule has 6 heteroatoms. The van der Waals surface area contributed by atoms with Crippen LogP contribution in [0.3, 0.4) is 0 Å². The van der Waals surface area contributed by atoms with Crippen LogP contribution in [0.5, 0.6) is 5.75 Å². The molecule has 0 aromatic heterocycles. The van der Waals surface area contributed by atoms with E-state index in [2.05, 4.69) is 4.99 Å². The molecule has 1 atom stereocenters. The van der Waals surface area contributed by atoms with Crippen LogP contribution in [0.2, 0.25) is 0 Å². The first kappa shape index (κ1) is 12.4. The zero-order valence-electron chi connectivity index (χ0n) is 8.79. The van der Waals surface area contributed by atoms with Crippen LogP contribution in [0.25, 0.3) is 0 Å². The van der Waals surface area contributed by atoms with Crippen molar-refractivity contribution in [3.63, 3.8) is 0 Å². The zero-order chi connectivity index (χ0) is 12.0. The second-order valence-corrected chi connectivity index (χ2v) is 3.79. The Labute approximate surface area is 97.9 Å². The Morgan fingerprint density at radius 1 is 1.38 bits per heavy atom. The highest BCUT2D eigenvalue weighted by molar-refractivity contribution is 7.99. The number of esters is 1. The van der Waals surface area contributed by atoms with E-state index >= 15 is 0 Å². The molecule has 0 saturated carbocycles. The molecule has 0 saturated heterocycles. The molecule has 1 aromatic rings. The van der Waals surface area contributed by atoms with E-state index in [0.717, 1.165) is 0 Å². The molecule has 1 rings (SSSR count). The topological polar surface area (TPSA) is 90.7 Å². The molecule has 0 spiro atoms. The summed E-state index contributed by atoms with van der Waals surface area (Å²) in [5.74, 6) is -0.159.